The lowest BCUT2D eigenvalue weighted by Gasteiger charge is -2.27. The summed E-state index contributed by atoms with van der Waals surface area (Å²) in [6.45, 7) is 2.70. The second kappa shape index (κ2) is 9.85. The minimum Gasteiger partial charge on any atom is -0.406 e. The van der Waals surface area contributed by atoms with E-state index in [0.29, 0.717) is 44.3 Å². The smallest absolute Gasteiger partial charge is 0.406 e. The highest BCUT2D eigenvalue weighted by Gasteiger charge is 2.31. The van der Waals surface area contributed by atoms with Crippen molar-refractivity contribution >= 4 is 17.6 Å². The highest BCUT2D eigenvalue weighted by molar-refractivity contribution is 6.03. The van der Waals surface area contributed by atoms with Gasteiger partial charge in [-0.3, -0.25) is 9.59 Å². The van der Waals surface area contributed by atoms with Crippen LogP contribution in [-0.4, -0.2) is 45.9 Å². The number of alkyl halides is 3. The molecule has 0 saturated carbocycles. The number of nitrogens with zero attached hydrogens (tertiary/aromatic N) is 3. The van der Waals surface area contributed by atoms with E-state index in [1.165, 1.54) is 12.1 Å². The maximum absolute atomic E-state index is 12.4. The van der Waals surface area contributed by atoms with E-state index in [-0.39, 0.29) is 29.0 Å². The third-order valence-electron chi connectivity index (χ3n) is 5.35. The first-order valence-electron chi connectivity index (χ1n) is 10.4. The molecule has 1 aromatic heterocycles. The number of likely N-dealkylation sites (tertiary alicyclic amines) is 1. The standard InChI is InChI=1S/C22H24F3N5O3/c1-2-5-17(31)29-12-3-6-15(7-4-13-29)30-20(26)18(21(27)32)19(28-30)14-8-10-16(11-9-14)33-22(23,24)25/h8-11,15H,3-4,6-7,12-13,26H2,1H3,(H2,27,32). The Morgan fingerprint density at radius 1 is 1.15 bits per heavy atom. The normalized spacial score (nSPS) is 15.2. The van der Waals surface area contributed by atoms with Crippen molar-refractivity contribution in [3.05, 3.63) is 29.8 Å². The van der Waals surface area contributed by atoms with E-state index in [4.69, 9.17) is 11.5 Å². The molecule has 1 fully saturated rings. The van der Waals surface area contributed by atoms with Crippen LogP contribution in [0.5, 0.6) is 5.75 Å². The average molecular weight is 463 g/mol. The molecule has 33 heavy (non-hydrogen) atoms. The molecule has 0 radical (unpaired) electrons. The van der Waals surface area contributed by atoms with Crippen LogP contribution in [-0.2, 0) is 4.79 Å². The number of amides is 2. The van der Waals surface area contributed by atoms with Gasteiger partial charge in [0.05, 0.1) is 6.04 Å². The molecule has 8 nitrogen and oxygen atoms in total. The number of hydrogen-bond donors (Lipinski definition) is 2. The highest BCUT2D eigenvalue weighted by Crippen LogP contribution is 2.34. The van der Waals surface area contributed by atoms with E-state index in [9.17, 15) is 22.8 Å². The van der Waals surface area contributed by atoms with E-state index in [1.807, 2.05) is 0 Å². The van der Waals surface area contributed by atoms with Gasteiger partial charge < -0.3 is 21.1 Å². The number of primary amides is 1. The van der Waals surface area contributed by atoms with E-state index in [0.717, 1.165) is 12.1 Å². The Kier molecular flexibility index (Phi) is 7.16. The zero-order valence-corrected chi connectivity index (χ0v) is 18.0. The molecule has 176 valence electrons. The van der Waals surface area contributed by atoms with Crippen LogP contribution in [0.1, 0.15) is 49.0 Å². The lowest BCUT2D eigenvalue weighted by molar-refractivity contribution is -0.274. The second-order valence-electron chi connectivity index (χ2n) is 7.60. The van der Waals surface area contributed by atoms with Gasteiger partial charge in [-0.25, -0.2) is 4.68 Å². The topological polar surface area (TPSA) is 116 Å². The lowest BCUT2D eigenvalue weighted by Crippen LogP contribution is -2.34. The Morgan fingerprint density at radius 3 is 2.27 bits per heavy atom. The molecule has 1 aliphatic rings. The fourth-order valence-corrected chi connectivity index (χ4v) is 3.91. The number of nitrogen functional groups attached to an aromatic ring is 1. The number of halogens is 3. The molecule has 2 amide bonds. The fourth-order valence-electron chi connectivity index (χ4n) is 3.91. The first kappa shape index (κ1) is 24.0. The lowest BCUT2D eigenvalue weighted by atomic mass is 10.0. The quantitative estimate of drug-likeness (QED) is 0.676. The Bertz CT molecular complexity index is 1070. The largest absolute Gasteiger partial charge is 0.573 e. The molecule has 11 heteroatoms. The minimum atomic E-state index is -4.81. The molecule has 1 aromatic carbocycles. The number of aromatic nitrogens is 2. The highest BCUT2D eigenvalue weighted by atomic mass is 19.4. The summed E-state index contributed by atoms with van der Waals surface area (Å²) in [5.74, 6) is 3.88. The van der Waals surface area contributed by atoms with Gasteiger partial charge in [0, 0.05) is 18.7 Å². The van der Waals surface area contributed by atoms with Crippen molar-refractivity contribution in [3.63, 3.8) is 0 Å². The third-order valence-corrected chi connectivity index (χ3v) is 5.35. The molecule has 0 bridgehead atoms. The molecule has 0 atom stereocenters. The van der Waals surface area contributed by atoms with E-state index >= 15 is 0 Å². The van der Waals surface area contributed by atoms with Crippen LogP contribution >= 0.6 is 0 Å². The van der Waals surface area contributed by atoms with Gasteiger partial charge in [0.25, 0.3) is 11.8 Å². The van der Waals surface area contributed by atoms with Crippen LogP contribution in [0.15, 0.2) is 24.3 Å². The first-order valence-corrected chi connectivity index (χ1v) is 10.4. The van der Waals surface area contributed by atoms with Gasteiger partial charge in [-0.2, -0.15) is 5.10 Å². The molecule has 1 saturated heterocycles. The molecule has 2 heterocycles. The van der Waals surface area contributed by atoms with Crippen molar-refractivity contribution in [1.82, 2.24) is 14.7 Å². The van der Waals surface area contributed by atoms with Crippen LogP contribution in [0, 0.1) is 11.8 Å². The van der Waals surface area contributed by atoms with E-state index < -0.39 is 18.0 Å². The summed E-state index contributed by atoms with van der Waals surface area (Å²) >= 11 is 0. The molecule has 4 N–H and O–H groups in total. The number of ether oxygens (including phenoxy) is 1. The molecule has 0 spiro atoms. The van der Waals surface area contributed by atoms with Gasteiger partial charge in [0.15, 0.2) is 0 Å². The predicted molar refractivity (Wildman–Crippen MR) is 115 cm³/mol. The fraction of sp³-hybridized carbons (Fsp3) is 0.409. The van der Waals surface area contributed by atoms with Crippen LogP contribution in [0.3, 0.4) is 0 Å². The average Bonchev–Trinajstić information content (AvgIpc) is 3.05. The van der Waals surface area contributed by atoms with Crippen molar-refractivity contribution in [2.75, 3.05) is 18.8 Å². The van der Waals surface area contributed by atoms with Crippen molar-refractivity contribution in [2.45, 2.75) is 45.0 Å². The second-order valence-corrected chi connectivity index (χ2v) is 7.60. The summed E-state index contributed by atoms with van der Waals surface area (Å²) in [5.41, 5.74) is 12.4. The van der Waals surface area contributed by atoms with Crippen LogP contribution in [0.4, 0.5) is 19.0 Å². The number of hydrogen-bond acceptors (Lipinski definition) is 5. The van der Waals surface area contributed by atoms with Gasteiger partial charge in [0.2, 0.25) is 0 Å². The third kappa shape index (κ3) is 5.77. The SMILES string of the molecule is CC#CC(=O)N1CCCC(n2nc(-c3ccc(OC(F)(F)F)cc3)c(C(N)=O)c2N)CCC1. The summed E-state index contributed by atoms with van der Waals surface area (Å²) in [6, 6.07) is 4.85. The zero-order chi connectivity index (χ0) is 24.2. The van der Waals surface area contributed by atoms with Crippen molar-refractivity contribution < 1.29 is 27.5 Å². The maximum Gasteiger partial charge on any atom is 0.573 e. The van der Waals surface area contributed by atoms with Gasteiger partial charge in [-0.05, 0) is 62.8 Å². The van der Waals surface area contributed by atoms with Crippen LogP contribution in [0.25, 0.3) is 11.3 Å². The summed E-state index contributed by atoms with van der Waals surface area (Å²) in [4.78, 5) is 25.9. The van der Waals surface area contributed by atoms with Gasteiger partial charge in [-0.1, -0.05) is 5.92 Å². The number of benzene rings is 1. The summed E-state index contributed by atoms with van der Waals surface area (Å²) in [6.07, 6.45) is -2.12. The maximum atomic E-state index is 12.4. The van der Waals surface area contributed by atoms with E-state index in [1.54, 1.807) is 16.5 Å². The first-order chi connectivity index (χ1) is 15.6. The Morgan fingerprint density at radius 2 is 1.76 bits per heavy atom. The Balaban J connectivity index is 1.85. The summed E-state index contributed by atoms with van der Waals surface area (Å²) in [7, 11) is 0. The van der Waals surface area contributed by atoms with Crippen LogP contribution < -0.4 is 16.2 Å². The van der Waals surface area contributed by atoms with Crippen molar-refractivity contribution in [2.24, 2.45) is 5.73 Å². The van der Waals surface area contributed by atoms with Gasteiger partial charge >= 0.3 is 6.36 Å². The number of nitrogens with two attached hydrogens (primary N) is 2. The van der Waals surface area contributed by atoms with E-state index in [2.05, 4.69) is 21.7 Å². The number of anilines is 1. The molecule has 2 aromatic rings. The summed E-state index contributed by atoms with van der Waals surface area (Å²) < 4.78 is 42.7. The summed E-state index contributed by atoms with van der Waals surface area (Å²) in [5, 5.41) is 4.51. The zero-order valence-electron chi connectivity index (χ0n) is 18.0. The molecular formula is C22H24F3N5O3. The monoisotopic (exact) mass is 463 g/mol. The molecule has 1 aliphatic heterocycles. The van der Waals surface area contributed by atoms with Crippen molar-refractivity contribution in [3.8, 4) is 28.8 Å². The van der Waals surface area contributed by atoms with Crippen molar-refractivity contribution in [1.29, 1.82) is 0 Å². The van der Waals surface area contributed by atoms with Gasteiger partial charge in [-0.15, -0.1) is 13.2 Å². The van der Waals surface area contributed by atoms with Crippen LogP contribution in [0.2, 0.25) is 0 Å². The number of carbonyl (C=O) groups is 2. The molecular weight excluding hydrogens is 439 g/mol. The molecule has 0 aliphatic carbocycles. The van der Waals surface area contributed by atoms with Gasteiger partial charge in [0.1, 0.15) is 22.8 Å². The molecule has 0 unspecified atom stereocenters. The number of carbonyl (C=O) groups excluding carboxylic acids is 2. The minimum absolute atomic E-state index is 0.0107. The predicted octanol–water partition coefficient (Wildman–Crippen LogP) is 3.10. The Labute approximate surface area is 188 Å². The molecule has 3 rings (SSSR count). The number of rotatable bonds is 4. The Hall–Kier alpha value is -3.68.